The fraction of sp³-hybridized carbons (Fsp3) is 0. The molecule has 0 spiro atoms. The van der Waals surface area contributed by atoms with Crippen molar-refractivity contribution in [1.29, 1.82) is 0 Å². The zero-order valence-corrected chi connectivity index (χ0v) is 22.9. The second kappa shape index (κ2) is 9.44. The lowest BCUT2D eigenvalue weighted by Crippen LogP contribution is -1.92. The lowest BCUT2D eigenvalue weighted by atomic mass is 9.84. The Kier molecular flexibility index (Phi) is 3.95. The highest BCUT2D eigenvalue weighted by Crippen LogP contribution is 2.47. The van der Waals surface area contributed by atoms with Crippen molar-refractivity contribution in [2.45, 2.75) is 0 Å². The molecular weight excluding hydrogens is 520 g/mol. The first kappa shape index (κ1) is 18.0. The fourth-order valence-electron chi connectivity index (χ4n) is 6.59. The van der Waals surface area contributed by atoms with Crippen LogP contribution in [0.25, 0.3) is 87.6 Å². The van der Waals surface area contributed by atoms with Crippen molar-refractivity contribution < 1.29 is 14.0 Å². The summed E-state index contributed by atoms with van der Waals surface area (Å²) in [6.07, 6.45) is 0. The summed E-state index contributed by atoms with van der Waals surface area (Å²) >= 11 is 0. The Hall–Kier alpha value is -5.66. The van der Waals surface area contributed by atoms with Crippen LogP contribution >= 0.6 is 0 Å². The van der Waals surface area contributed by atoms with Crippen LogP contribution in [-0.4, -0.2) is 0 Å². The van der Waals surface area contributed by atoms with Gasteiger partial charge in [-0.25, -0.2) is 0 Å². The van der Waals surface area contributed by atoms with Gasteiger partial charge in [-0.1, -0.05) is 152 Å². The van der Waals surface area contributed by atoms with Crippen LogP contribution in [0.4, 0.5) is 0 Å². The van der Waals surface area contributed by atoms with Crippen LogP contribution < -0.4 is 0 Å². The van der Waals surface area contributed by atoms with Crippen molar-refractivity contribution in [2.24, 2.45) is 0 Å². The summed E-state index contributed by atoms with van der Waals surface area (Å²) in [5, 5.41) is 6.32. The van der Waals surface area contributed by atoms with Crippen LogP contribution in [0.3, 0.4) is 0 Å². The first-order valence-corrected chi connectivity index (χ1v) is 14.2. The third-order valence-electron chi connectivity index (χ3n) is 8.39. The van der Waals surface area contributed by atoms with E-state index in [2.05, 4.69) is 72.8 Å². The predicted molar refractivity (Wildman–Crippen MR) is 183 cm³/mol. The van der Waals surface area contributed by atoms with Gasteiger partial charge in [-0.2, -0.15) is 0 Å². The van der Waals surface area contributed by atoms with E-state index in [9.17, 15) is 0 Å². The van der Waals surface area contributed by atoms with Gasteiger partial charge in [0.1, 0.15) is 11.2 Å². The summed E-state index contributed by atoms with van der Waals surface area (Å²) in [4.78, 5) is 0. The Labute approximate surface area is 259 Å². The van der Waals surface area contributed by atoms with Gasteiger partial charge in [0, 0.05) is 16.3 Å². The molecule has 0 unspecified atom stereocenters. The Morgan fingerprint density at radius 1 is 0.372 bits per heavy atom. The maximum Gasteiger partial charge on any atom is 0.143 e. The van der Waals surface area contributed by atoms with Crippen LogP contribution in [0.1, 0.15) is 9.60 Å². The van der Waals surface area contributed by atoms with Gasteiger partial charge in [0.2, 0.25) is 0 Å². The van der Waals surface area contributed by atoms with Crippen LogP contribution in [0, 0.1) is 0 Å². The molecule has 0 aliphatic carbocycles. The van der Waals surface area contributed by atoms with Crippen LogP contribution in [-0.2, 0) is 0 Å². The summed E-state index contributed by atoms with van der Waals surface area (Å²) in [6.45, 7) is 0. The van der Waals surface area contributed by atoms with E-state index in [-0.39, 0.29) is 57.7 Å². The number of fused-ring (bicyclic) bond motifs is 6. The molecule has 0 saturated heterocycles. The van der Waals surface area contributed by atoms with Gasteiger partial charge in [0.15, 0.2) is 0 Å². The van der Waals surface area contributed by atoms with Gasteiger partial charge in [-0.05, 0) is 66.2 Å². The zero-order valence-electron chi connectivity index (χ0n) is 29.9. The molecule has 0 bridgehead atoms. The normalized spacial score (nSPS) is 14.0. The summed E-state index contributed by atoms with van der Waals surface area (Å²) in [6, 6.07) is 36.7. The van der Waals surface area contributed by atoms with Gasteiger partial charge in [0.05, 0.1) is 9.60 Å². The van der Waals surface area contributed by atoms with Crippen LogP contribution in [0.5, 0.6) is 0 Å². The van der Waals surface area contributed by atoms with E-state index in [0.717, 1.165) is 49.0 Å². The fourth-order valence-corrected chi connectivity index (χ4v) is 6.59. The molecule has 0 saturated carbocycles. The number of benzene rings is 8. The molecule has 9 aromatic rings. The number of para-hydroxylation sites is 2. The average molecular weight is 554 g/mol. The molecule has 1 heterocycles. The summed E-state index contributed by atoms with van der Waals surface area (Å²) in [5.41, 5.74) is 5.25. The van der Waals surface area contributed by atoms with Crippen molar-refractivity contribution in [2.75, 3.05) is 0 Å². The molecule has 1 heteroatoms. The van der Waals surface area contributed by atoms with Gasteiger partial charge in [0.25, 0.3) is 0 Å². The minimum absolute atomic E-state index is 0.0446. The molecule has 0 radical (unpaired) electrons. The maximum atomic E-state index is 9.10. The monoisotopic (exact) mass is 553 g/mol. The molecule has 1 aromatic heterocycles. The molecule has 0 atom stereocenters. The third kappa shape index (κ3) is 3.58. The molecular formula is C42H26O. The standard InChI is InChI=1S/C42H26O/c1-2-13-27(14-3-1)40-32-18-6-8-20-34(32)41(35-21-9-7-19-33(35)40)36-26-25-30(28-15-4-5-16-29(28)36)37-22-12-23-38-31-17-10-11-24-39(31)43-42(37)38/h1-26H/i10D,11D,12D,17D,22D,23D,24D. The molecule has 9 rings (SSSR count). The van der Waals surface area contributed by atoms with E-state index in [1.807, 2.05) is 42.5 Å². The van der Waals surface area contributed by atoms with Gasteiger partial charge in [-0.3, -0.25) is 0 Å². The predicted octanol–water partition coefficient (Wildman–Crippen LogP) is 12.0. The van der Waals surface area contributed by atoms with E-state index < -0.39 is 12.1 Å². The Bertz CT molecular complexity index is 2840. The van der Waals surface area contributed by atoms with E-state index >= 15 is 0 Å². The summed E-state index contributed by atoms with van der Waals surface area (Å²) < 4.78 is 66.5. The van der Waals surface area contributed by atoms with Crippen molar-refractivity contribution in [3.05, 3.63) is 158 Å². The maximum absolute atomic E-state index is 9.10. The Balaban J connectivity index is 1.40. The molecule has 0 amide bonds. The molecule has 8 aromatic carbocycles. The highest BCUT2D eigenvalue weighted by Gasteiger charge is 2.20. The lowest BCUT2D eigenvalue weighted by Gasteiger charge is -2.19. The molecule has 0 fully saturated rings. The largest absolute Gasteiger partial charge is 0.455 e. The smallest absolute Gasteiger partial charge is 0.143 e. The van der Waals surface area contributed by atoms with E-state index in [1.165, 1.54) is 5.56 Å². The van der Waals surface area contributed by atoms with Gasteiger partial charge < -0.3 is 4.42 Å². The van der Waals surface area contributed by atoms with Crippen LogP contribution in [0.2, 0.25) is 0 Å². The van der Waals surface area contributed by atoms with Crippen molar-refractivity contribution >= 4 is 54.3 Å². The van der Waals surface area contributed by atoms with Crippen LogP contribution in [0.15, 0.2) is 162 Å². The SMILES string of the molecule is [2H]c1c([2H])c([2H])c2c(oc3c(-c4ccc(-c5c6ccccc6c(-c6ccccc6)c6ccccc56)c5ccccc45)c([2H])c([2H])c([2H])c32)c1[2H]. The quantitative estimate of drug-likeness (QED) is 0.198. The van der Waals surface area contributed by atoms with E-state index in [0.29, 0.717) is 5.56 Å². The zero-order chi connectivity index (χ0) is 34.4. The number of hydrogen-bond acceptors (Lipinski definition) is 1. The molecule has 1 nitrogen and oxygen atoms in total. The minimum Gasteiger partial charge on any atom is -0.455 e. The number of furan rings is 1. The van der Waals surface area contributed by atoms with Crippen molar-refractivity contribution in [3.63, 3.8) is 0 Å². The molecule has 0 aliphatic heterocycles. The summed E-state index contributed by atoms with van der Waals surface area (Å²) in [5.74, 6) is 0. The second-order valence-electron chi connectivity index (χ2n) is 10.7. The first-order valence-electron chi connectivity index (χ1n) is 17.7. The first-order chi connectivity index (χ1) is 24.3. The van der Waals surface area contributed by atoms with E-state index in [4.69, 9.17) is 14.0 Å². The van der Waals surface area contributed by atoms with Gasteiger partial charge >= 0.3 is 0 Å². The molecule has 43 heavy (non-hydrogen) atoms. The highest BCUT2D eigenvalue weighted by atomic mass is 16.3. The Morgan fingerprint density at radius 3 is 1.60 bits per heavy atom. The second-order valence-corrected chi connectivity index (χ2v) is 10.7. The average Bonchev–Trinajstić information content (AvgIpc) is 3.55. The van der Waals surface area contributed by atoms with Gasteiger partial charge in [-0.15, -0.1) is 0 Å². The topological polar surface area (TPSA) is 13.1 Å². The molecule has 200 valence electrons. The summed E-state index contributed by atoms with van der Waals surface area (Å²) in [7, 11) is 0. The molecule has 0 aliphatic rings. The number of rotatable bonds is 3. The Morgan fingerprint density at radius 2 is 0.907 bits per heavy atom. The molecule has 0 N–H and O–H groups in total. The number of hydrogen-bond donors (Lipinski definition) is 0. The van der Waals surface area contributed by atoms with E-state index in [1.54, 1.807) is 0 Å². The minimum atomic E-state index is -0.445. The lowest BCUT2D eigenvalue weighted by molar-refractivity contribution is 0.670. The highest BCUT2D eigenvalue weighted by molar-refractivity contribution is 6.24. The van der Waals surface area contributed by atoms with Crippen molar-refractivity contribution in [3.8, 4) is 33.4 Å². The van der Waals surface area contributed by atoms with Crippen molar-refractivity contribution in [1.82, 2.24) is 0 Å². The third-order valence-corrected chi connectivity index (χ3v) is 8.39.